The smallest absolute Gasteiger partial charge is 0.255 e. The minimum absolute atomic E-state index is 0.0819. The third-order valence-corrected chi connectivity index (χ3v) is 6.55. The second-order valence-corrected chi connectivity index (χ2v) is 8.84. The number of carbonyl (C=O) groups excluding carboxylic acids is 2. The van der Waals surface area contributed by atoms with E-state index in [-0.39, 0.29) is 17.2 Å². The Morgan fingerprint density at radius 3 is 2.17 bits per heavy atom. The molecule has 0 aromatic heterocycles. The average Bonchev–Trinajstić information content (AvgIpc) is 3.11. The van der Waals surface area contributed by atoms with Gasteiger partial charge in [-0.25, -0.2) is 0 Å². The van der Waals surface area contributed by atoms with Crippen molar-refractivity contribution in [3.05, 3.63) is 99.5 Å². The van der Waals surface area contributed by atoms with Gasteiger partial charge >= 0.3 is 0 Å². The highest BCUT2D eigenvalue weighted by molar-refractivity contribution is 8.00. The first-order valence-corrected chi connectivity index (χ1v) is 11.1. The lowest BCUT2D eigenvalue weighted by Crippen LogP contribution is -2.27. The summed E-state index contributed by atoms with van der Waals surface area (Å²) in [6.07, 6.45) is 0. The summed E-state index contributed by atoms with van der Waals surface area (Å²) in [6, 6.07) is 21.8. The Balaban J connectivity index is 1.46. The highest BCUT2D eigenvalue weighted by Crippen LogP contribution is 2.39. The fourth-order valence-electron chi connectivity index (χ4n) is 3.22. The van der Waals surface area contributed by atoms with Crippen LogP contribution in [0.15, 0.2) is 72.8 Å². The van der Waals surface area contributed by atoms with Crippen LogP contribution in [0, 0.1) is 0 Å². The van der Waals surface area contributed by atoms with Gasteiger partial charge in [0.1, 0.15) is 5.37 Å². The van der Waals surface area contributed by atoms with Crippen LogP contribution in [0.25, 0.3) is 0 Å². The Morgan fingerprint density at radius 1 is 0.933 bits per heavy atom. The molecule has 30 heavy (non-hydrogen) atoms. The number of nitrogens with zero attached hydrogens (tertiary/aromatic N) is 1. The molecule has 2 amide bonds. The third-order valence-electron chi connectivity index (χ3n) is 4.79. The summed E-state index contributed by atoms with van der Waals surface area (Å²) < 4.78 is 0. The molecule has 1 saturated heterocycles. The summed E-state index contributed by atoms with van der Waals surface area (Å²) >= 11 is 13.4. The number of amides is 2. The van der Waals surface area contributed by atoms with E-state index in [1.165, 1.54) is 0 Å². The van der Waals surface area contributed by atoms with Gasteiger partial charge < -0.3 is 10.2 Å². The van der Waals surface area contributed by atoms with Crippen molar-refractivity contribution >= 4 is 52.5 Å². The zero-order valence-electron chi connectivity index (χ0n) is 15.8. The Kier molecular flexibility index (Phi) is 6.32. The fraction of sp³-hybridized carbons (Fsp3) is 0.130. The van der Waals surface area contributed by atoms with Crippen molar-refractivity contribution in [1.82, 2.24) is 4.90 Å². The minimum atomic E-state index is -0.197. The summed E-state index contributed by atoms with van der Waals surface area (Å²) in [5, 5.41) is 4.05. The first kappa shape index (κ1) is 20.8. The van der Waals surface area contributed by atoms with Gasteiger partial charge in [-0.2, -0.15) is 0 Å². The number of rotatable bonds is 5. The first-order chi connectivity index (χ1) is 14.5. The molecule has 1 heterocycles. The standard InChI is InChI=1S/C23H18Cl2N2O2S/c24-18-7-1-15(2-8-18)13-27-21(28)14-30-23(27)17-5-3-16(4-6-17)22(29)26-20-11-9-19(25)10-12-20/h1-12,23H,13-14H2,(H,26,29)/t23-/m0/s1. The average molecular weight is 457 g/mol. The predicted octanol–water partition coefficient (Wildman–Crippen LogP) is 6.02. The largest absolute Gasteiger partial charge is 0.322 e. The van der Waals surface area contributed by atoms with E-state index >= 15 is 0 Å². The van der Waals surface area contributed by atoms with E-state index in [9.17, 15) is 9.59 Å². The molecule has 0 unspecified atom stereocenters. The van der Waals surface area contributed by atoms with Crippen molar-refractivity contribution in [2.24, 2.45) is 0 Å². The van der Waals surface area contributed by atoms with Crippen molar-refractivity contribution < 1.29 is 9.59 Å². The van der Waals surface area contributed by atoms with Gasteiger partial charge in [0.05, 0.1) is 5.75 Å². The molecule has 1 aliphatic rings. The van der Waals surface area contributed by atoms with Gasteiger partial charge in [-0.05, 0) is 59.7 Å². The Morgan fingerprint density at radius 2 is 1.53 bits per heavy atom. The van der Waals surface area contributed by atoms with E-state index in [2.05, 4.69) is 5.32 Å². The first-order valence-electron chi connectivity index (χ1n) is 9.32. The molecule has 0 aliphatic carbocycles. The maximum absolute atomic E-state index is 12.5. The SMILES string of the molecule is O=C(Nc1ccc(Cl)cc1)c1ccc([C@@H]2SCC(=O)N2Cc2ccc(Cl)cc2)cc1. The van der Waals surface area contributed by atoms with Crippen molar-refractivity contribution in [2.45, 2.75) is 11.9 Å². The van der Waals surface area contributed by atoms with Crippen molar-refractivity contribution in [1.29, 1.82) is 0 Å². The number of thioether (sulfide) groups is 1. The van der Waals surface area contributed by atoms with Gasteiger partial charge in [-0.1, -0.05) is 47.5 Å². The van der Waals surface area contributed by atoms with E-state index in [0.717, 1.165) is 11.1 Å². The number of benzene rings is 3. The monoisotopic (exact) mass is 456 g/mol. The maximum Gasteiger partial charge on any atom is 0.255 e. The number of carbonyl (C=O) groups is 2. The summed E-state index contributed by atoms with van der Waals surface area (Å²) in [4.78, 5) is 26.8. The normalized spacial score (nSPS) is 16.0. The van der Waals surface area contributed by atoms with Gasteiger partial charge in [-0.3, -0.25) is 9.59 Å². The van der Waals surface area contributed by atoms with Crippen molar-refractivity contribution in [3.8, 4) is 0 Å². The summed E-state index contributed by atoms with van der Waals surface area (Å²) in [7, 11) is 0. The zero-order valence-corrected chi connectivity index (χ0v) is 18.2. The highest BCUT2D eigenvalue weighted by Gasteiger charge is 2.32. The Hall–Kier alpha value is -2.47. The quantitative estimate of drug-likeness (QED) is 0.510. The molecule has 3 aromatic rings. The molecule has 3 aromatic carbocycles. The molecule has 1 atom stereocenters. The molecule has 0 saturated carbocycles. The molecule has 0 radical (unpaired) electrons. The van der Waals surface area contributed by atoms with Crippen LogP contribution in [0.5, 0.6) is 0 Å². The van der Waals surface area contributed by atoms with Crippen LogP contribution in [0.2, 0.25) is 10.0 Å². The summed E-state index contributed by atoms with van der Waals surface area (Å²) in [5.74, 6) is 0.346. The Labute approximate surface area is 189 Å². The number of halogens is 2. The molecule has 7 heteroatoms. The number of hydrogen-bond donors (Lipinski definition) is 1. The van der Waals surface area contributed by atoms with E-state index < -0.39 is 0 Å². The number of nitrogens with one attached hydrogen (secondary N) is 1. The molecule has 1 aliphatic heterocycles. The second kappa shape index (κ2) is 9.13. The lowest BCUT2D eigenvalue weighted by atomic mass is 10.1. The highest BCUT2D eigenvalue weighted by atomic mass is 35.5. The predicted molar refractivity (Wildman–Crippen MR) is 123 cm³/mol. The maximum atomic E-state index is 12.5. The molecule has 1 fully saturated rings. The molecule has 4 nitrogen and oxygen atoms in total. The van der Waals surface area contributed by atoms with Crippen LogP contribution in [0.1, 0.15) is 26.9 Å². The van der Waals surface area contributed by atoms with Gasteiger partial charge in [0.15, 0.2) is 0 Å². The van der Waals surface area contributed by atoms with Crippen LogP contribution in [-0.2, 0) is 11.3 Å². The van der Waals surface area contributed by atoms with E-state index in [1.54, 1.807) is 48.2 Å². The molecule has 0 spiro atoms. The molecule has 152 valence electrons. The molecular formula is C23H18Cl2N2O2S. The molecule has 1 N–H and O–H groups in total. The van der Waals surface area contributed by atoms with Crippen LogP contribution in [-0.4, -0.2) is 22.5 Å². The molecular weight excluding hydrogens is 439 g/mol. The van der Waals surface area contributed by atoms with Gasteiger partial charge in [0, 0.05) is 27.8 Å². The fourth-order valence-corrected chi connectivity index (χ4v) is 4.66. The number of anilines is 1. The van der Waals surface area contributed by atoms with Gasteiger partial charge in [0.25, 0.3) is 5.91 Å². The second-order valence-electron chi connectivity index (χ2n) is 6.89. The van der Waals surface area contributed by atoms with Crippen molar-refractivity contribution in [2.75, 3.05) is 11.1 Å². The zero-order chi connectivity index (χ0) is 21.1. The van der Waals surface area contributed by atoms with Crippen LogP contribution >= 0.6 is 35.0 Å². The lowest BCUT2D eigenvalue weighted by Gasteiger charge is -2.24. The van der Waals surface area contributed by atoms with Crippen LogP contribution in [0.3, 0.4) is 0 Å². The summed E-state index contributed by atoms with van der Waals surface area (Å²) in [6.45, 7) is 0.520. The summed E-state index contributed by atoms with van der Waals surface area (Å²) in [5.41, 5.74) is 3.24. The third kappa shape index (κ3) is 4.81. The van der Waals surface area contributed by atoms with Crippen LogP contribution in [0.4, 0.5) is 5.69 Å². The van der Waals surface area contributed by atoms with Crippen molar-refractivity contribution in [3.63, 3.8) is 0 Å². The van der Waals surface area contributed by atoms with E-state index in [4.69, 9.17) is 23.2 Å². The topological polar surface area (TPSA) is 49.4 Å². The molecule has 0 bridgehead atoms. The minimum Gasteiger partial charge on any atom is -0.322 e. The van der Waals surface area contributed by atoms with Crippen LogP contribution < -0.4 is 5.32 Å². The van der Waals surface area contributed by atoms with E-state index in [0.29, 0.717) is 33.6 Å². The van der Waals surface area contributed by atoms with Gasteiger partial charge in [-0.15, -0.1) is 11.8 Å². The van der Waals surface area contributed by atoms with E-state index in [1.807, 2.05) is 41.3 Å². The molecule has 4 rings (SSSR count). The Bertz CT molecular complexity index is 1050. The number of hydrogen-bond acceptors (Lipinski definition) is 3. The van der Waals surface area contributed by atoms with Gasteiger partial charge in [0.2, 0.25) is 5.91 Å². The lowest BCUT2D eigenvalue weighted by molar-refractivity contribution is -0.128.